The van der Waals surface area contributed by atoms with Crippen LogP contribution in [0.25, 0.3) is 6.08 Å². The average molecular weight is 324 g/mol. The molecule has 1 aromatic heterocycles. The minimum Gasteiger partial charge on any atom is -0.406 e. The van der Waals surface area contributed by atoms with Crippen LogP contribution in [0.3, 0.4) is 0 Å². The van der Waals surface area contributed by atoms with Crippen molar-refractivity contribution < 1.29 is 9.53 Å². The van der Waals surface area contributed by atoms with Gasteiger partial charge in [0.1, 0.15) is 0 Å². The molecule has 0 radical (unpaired) electrons. The van der Waals surface area contributed by atoms with E-state index in [1.54, 1.807) is 6.08 Å². The summed E-state index contributed by atoms with van der Waals surface area (Å²) in [5.74, 6) is 0.357. The summed E-state index contributed by atoms with van der Waals surface area (Å²) in [5, 5.41) is 0. The first-order chi connectivity index (χ1) is 11.3. The zero-order valence-corrected chi connectivity index (χ0v) is 14.9. The Balaban J connectivity index is 1.85. The van der Waals surface area contributed by atoms with E-state index in [9.17, 15) is 4.79 Å². The Morgan fingerprint density at radius 2 is 2.08 bits per heavy atom. The minimum atomic E-state index is -0.377. The number of carbonyl (C=O) groups excluding carboxylic acids is 1. The summed E-state index contributed by atoms with van der Waals surface area (Å²) in [6.07, 6.45) is 10.2. The molecule has 3 rings (SSSR count). The highest BCUT2D eigenvalue weighted by Crippen LogP contribution is 2.35. The number of hydrogen-bond donors (Lipinski definition) is 0. The molecular weight excluding hydrogens is 300 g/mol. The molecule has 2 atom stereocenters. The van der Waals surface area contributed by atoms with Crippen LogP contribution in [0, 0.1) is 17.3 Å². The number of aryl methyl sites for hydroxylation is 1. The van der Waals surface area contributed by atoms with Crippen molar-refractivity contribution in [2.24, 2.45) is 29.3 Å². The van der Waals surface area contributed by atoms with Gasteiger partial charge in [0, 0.05) is 18.9 Å². The molecule has 0 aromatic carbocycles. The van der Waals surface area contributed by atoms with Gasteiger partial charge in [-0.05, 0) is 35.1 Å². The lowest BCUT2D eigenvalue weighted by atomic mass is 9.78. The Morgan fingerprint density at radius 1 is 1.33 bits per heavy atom. The lowest BCUT2D eigenvalue weighted by Crippen LogP contribution is -2.24. The van der Waals surface area contributed by atoms with E-state index in [2.05, 4.69) is 50.9 Å². The molecule has 4 heteroatoms. The van der Waals surface area contributed by atoms with Crippen LogP contribution in [0.1, 0.15) is 33.4 Å². The topological polar surface area (TPSA) is 43.6 Å². The van der Waals surface area contributed by atoms with Gasteiger partial charge < -0.3 is 9.30 Å². The second-order valence-corrected chi connectivity index (χ2v) is 7.53. The van der Waals surface area contributed by atoms with Crippen molar-refractivity contribution >= 4 is 17.9 Å². The van der Waals surface area contributed by atoms with Gasteiger partial charge in [0.25, 0.3) is 0 Å². The molecule has 24 heavy (non-hydrogen) atoms. The number of cyclic esters (lactones) is 1. The van der Waals surface area contributed by atoms with Crippen LogP contribution in [0.5, 0.6) is 0 Å². The standard InChI is InChI=1S/C20H24N2O2/c1-13-11-14(20(2,3)4)8-9-16(13)18-21-17(19(23)24-18)12-15-7-6-10-22(15)5/h6-13,16H,1-5H3/b17-12+. The molecule has 0 N–H and O–H groups in total. The molecule has 0 amide bonds. The van der Waals surface area contributed by atoms with E-state index in [-0.39, 0.29) is 23.2 Å². The molecule has 1 aliphatic carbocycles. The van der Waals surface area contributed by atoms with Gasteiger partial charge in [0.15, 0.2) is 5.70 Å². The van der Waals surface area contributed by atoms with Crippen molar-refractivity contribution in [3.05, 3.63) is 53.5 Å². The van der Waals surface area contributed by atoms with Crippen molar-refractivity contribution in [1.29, 1.82) is 0 Å². The highest BCUT2D eigenvalue weighted by molar-refractivity contribution is 6.08. The first-order valence-corrected chi connectivity index (χ1v) is 8.30. The van der Waals surface area contributed by atoms with E-state index in [0.717, 1.165) is 5.69 Å². The maximum atomic E-state index is 12.1. The molecule has 0 spiro atoms. The van der Waals surface area contributed by atoms with Crippen LogP contribution < -0.4 is 0 Å². The summed E-state index contributed by atoms with van der Waals surface area (Å²) >= 11 is 0. The molecule has 126 valence electrons. The van der Waals surface area contributed by atoms with Gasteiger partial charge in [-0.1, -0.05) is 45.9 Å². The predicted molar refractivity (Wildman–Crippen MR) is 96.2 cm³/mol. The third-order valence-corrected chi connectivity index (χ3v) is 4.55. The zero-order valence-electron chi connectivity index (χ0n) is 14.9. The number of nitrogens with zero attached hydrogens (tertiary/aromatic N) is 2. The van der Waals surface area contributed by atoms with Gasteiger partial charge in [-0.3, -0.25) is 0 Å². The Morgan fingerprint density at radius 3 is 2.67 bits per heavy atom. The fourth-order valence-electron chi connectivity index (χ4n) is 2.96. The molecule has 2 heterocycles. The van der Waals surface area contributed by atoms with E-state index in [0.29, 0.717) is 11.6 Å². The van der Waals surface area contributed by atoms with Crippen LogP contribution in [0.15, 0.2) is 52.8 Å². The molecule has 0 bridgehead atoms. The van der Waals surface area contributed by atoms with Crippen molar-refractivity contribution in [2.75, 3.05) is 0 Å². The molecule has 1 aromatic rings. The Kier molecular flexibility index (Phi) is 4.08. The lowest BCUT2D eigenvalue weighted by Gasteiger charge is -2.28. The number of aromatic nitrogens is 1. The average Bonchev–Trinajstić information content (AvgIpc) is 3.05. The van der Waals surface area contributed by atoms with Crippen molar-refractivity contribution in [2.45, 2.75) is 27.7 Å². The van der Waals surface area contributed by atoms with E-state index in [1.165, 1.54) is 5.57 Å². The van der Waals surface area contributed by atoms with Crippen LogP contribution >= 0.6 is 0 Å². The largest absolute Gasteiger partial charge is 0.406 e. The number of allylic oxidation sites excluding steroid dienone is 3. The lowest BCUT2D eigenvalue weighted by molar-refractivity contribution is -0.130. The molecule has 4 nitrogen and oxygen atoms in total. The molecule has 0 fully saturated rings. The fourth-order valence-corrected chi connectivity index (χ4v) is 2.96. The number of carbonyl (C=O) groups is 1. The minimum absolute atomic E-state index is 0.000591. The zero-order chi connectivity index (χ0) is 17.5. The monoisotopic (exact) mass is 324 g/mol. The summed E-state index contributed by atoms with van der Waals surface area (Å²) in [7, 11) is 1.93. The van der Waals surface area contributed by atoms with E-state index < -0.39 is 0 Å². The summed E-state index contributed by atoms with van der Waals surface area (Å²) in [6, 6.07) is 3.87. The molecule has 2 unspecified atom stereocenters. The Labute approximate surface area is 143 Å². The van der Waals surface area contributed by atoms with Crippen molar-refractivity contribution in [3.8, 4) is 0 Å². The quantitative estimate of drug-likeness (QED) is 0.607. The van der Waals surface area contributed by atoms with Crippen LogP contribution in [-0.4, -0.2) is 16.4 Å². The van der Waals surface area contributed by atoms with Gasteiger partial charge in [-0.25, -0.2) is 9.79 Å². The molecular formula is C20H24N2O2. The molecule has 0 saturated carbocycles. The third-order valence-electron chi connectivity index (χ3n) is 4.55. The first-order valence-electron chi connectivity index (χ1n) is 8.30. The molecule has 1 aliphatic heterocycles. The maximum absolute atomic E-state index is 12.1. The highest BCUT2D eigenvalue weighted by Gasteiger charge is 2.33. The highest BCUT2D eigenvalue weighted by atomic mass is 16.6. The Bertz CT molecular complexity index is 785. The predicted octanol–water partition coefficient (Wildman–Crippen LogP) is 4.12. The molecule has 2 aliphatic rings. The van der Waals surface area contributed by atoms with Crippen molar-refractivity contribution in [1.82, 2.24) is 4.57 Å². The second kappa shape index (κ2) is 5.93. The molecule has 0 saturated heterocycles. The van der Waals surface area contributed by atoms with E-state index in [1.807, 2.05) is 29.9 Å². The maximum Gasteiger partial charge on any atom is 0.363 e. The summed E-state index contributed by atoms with van der Waals surface area (Å²) in [6.45, 7) is 8.73. The van der Waals surface area contributed by atoms with Gasteiger partial charge in [-0.2, -0.15) is 0 Å². The summed E-state index contributed by atoms with van der Waals surface area (Å²) in [4.78, 5) is 16.6. The van der Waals surface area contributed by atoms with E-state index >= 15 is 0 Å². The number of rotatable bonds is 2. The van der Waals surface area contributed by atoms with Crippen LogP contribution in [0.4, 0.5) is 0 Å². The first kappa shape index (κ1) is 16.5. The van der Waals surface area contributed by atoms with Crippen molar-refractivity contribution in [3.63, 3.8) is 0 Å². The van der Waals surface area contributed by atoms with Gasteiger partial charge in [0.2, 0.25) is 5.90 Å². The van der Waals surface area contributed by atoms with E-state index in [4.69, 9.17) is 4.74 Å². The van der Waals surface area contributed by atoms with Gasteiger partial charge in [-0.15, -0.1) is 0 Å². The summed E-state index contributed by atoms with van der Waals surface area (Å²) < 4.78 is 7.39. The SMILES string of the molecule is CC1C=C(C(C)(C)C)C=CC1C1=N/C(=C/c2cccn2C)C(=O)O1. The third kappa shape index (κ3) is 3.14. The van der Waals surface area contributed by atoms with Crippen LogP contribution in [0.2, 0.25) is 0 Å². The number of hydrogen-bond acceptors (Lipinski definition) is 3. The Hall–Kier alpha value is -2.36. The van der Waals surface area contributed by atoms with Gasteiger partial charge in [0.05, 0.1) is 5.92 Å². The normalized spacial score (nSPS) is 25.7. The van der Waals surface area contributed by atoms with Gasteiger partial charge >= 0.3 is 5.97 Å². The second-order valence-electron chi connectivity index (χ2n) is 7.53. The number of ether oxygens (including phenoxy) is 1. The number of esters is 1. The number of aliphatic imine (C=N–C) groups is 1. The smallest absolute Gasteiger partial charge is 0.363 e. The fraction of sp³-hybridized carbons (Fsp3) is 0.400. The van der Waals surface area contributed by atoms with Crippen LogP contribution in [-0.2, 0) is 16.6 Å². The summed E-state index contributed by atoms with van der Waals surface area (Å²) in [5.41, 5.74) is 2.70.